The van der Waals surface area contributed by atoms with E-state index in [2.05, 4.69) is 4.98 Å². The van der Waals surface area contributed by atoms with Gasteiger partial charge in [-0.3, -0.25) is 9.36 Å². The molecule has 0 spiro atoms. The normalized spacial score (nSPS) is 10.9. The Morgan fingerprint density at radius 1 is 1.32 bits per heavy atom. The summed E-state index contributed by atoms with van der Waals surface area (Å²) in [5.41, 5.74) is 0.522. The third kappa shape index (κ3) is 2.89. The summed E-state index contributed by atoms with van der Waals surface area (Å²) in [5.74, 6) is 0. The molecule has 0 amide bonds. The maximum Gasteiger partial charge on any atom is 0.299 e. The minimum absolute atomic E-state index is 0.0968. The fourth-order valence-corrected chi connectivity index (χ4v) is 2.07. The topological polar surface area (TPSA) is 44.1 Å². The van der Waals surface area contributed by atoms with Gasteiger partial charge in [-0.25, -0.2) is 0 Å². The zero-order valence-corrected chi connectivity index (χ0v) is 11.9. The van der Waals surface area contributed by atoms with Crippen LogP contribution in [0.15, 0.2) is 23.0 Å². The third-order valence-corrected chi connectivity index (χ3v) is 3.00. The summed E-state index contributed by atoms with van der Waals surface area (Å²) in [7, 11) is 0. The smallest absolute Gasteiger partial charge is 0.299 e. The Morgan fingerprint density at radius 3 is 2.79 bits per heavy atom. The van der Waals surface area contributed by atoms with Crippen molar-refractivity contribution in [2.24, 2.45) is 0 Å². The average Bonchev–Trinajstić information content (AvgIpc) is 2.41. The van der Waals surface area contributed by atoms with Crippen molar-refractivity contribution in [1.82, 2.24) is 9.55 Å². The molecule has 0 bridgehead atoms. The molecule has 0 aliphatic carbocycles. The number of halogens is 1. The molecule has 5 heteroatoms. The van der Waals surface area contributed by atoms with Gasteiger partial charge in [-0.2, -0.15) is 4.98 Å². The van der Waals surface area contributed by atoms with E-state index in [4.69, 9.17) is 16.3 Å². The summed E-state index contributed by atoms with van der Waals surface area (Å²) in [6.07, 6.45) is 1.72. The minimum atomic E-state index is -0.0968. The van der Waals surface area contributed by atoms with Crippen molar-refractivity contribution < 1.29 is 4.74 Å². The summed E-state index contributed by atoms with van der Waals surface area (Å²) in [5, 5.41) is 1.07. The highest BCUT2D eigenvalue weighted by atomic mass is 35.5. The van der Waals surface area contributed by atoms with Crippen molar-refractivity contribution in [1.29, 1.82) is 0 Å². The van der Waals surface area contributed by atoms with E-state index < -0.39 is 0 Å². The summed E-state index contributed by atoms with van der Waals surface area (Å²) >= 11 is 5.94. The summed E-state index contributed by atoms with van der Waals surface area (Å²) < 4.78 is 7.15. The number of rotatable bonds is 5. The molecule has 0 atom stereocenters. The molecule has 19 heavy (non-hydrogen) atoms. The second-order valence-electron chi connectivity index (χ2n) is 4.36. The Labute approximate surface area is 117 Å². The first kappa shape index (κ1) is 13.9. The number of benzene rings is 1. The van der Waals surface area contributed by atoms with Gasteiger partial charge in [-0.15, -0.1) is 0 Å². The third-order valence-electron chi connectivity index (χ3n) is 2.76. The van der Waals surface area contributed by atoms with Crippen LogP contribution in [0.1, 0.15) is 26.7 Å². The van der Waals surface area contributed by atoms with Crippen LogP contribution in [0.4, 0.5) is 0 Å². The minimum Gasteiger partial charge on any atom is -0.465 e. The molecule has 0 fully saturated rings. The van der Waals surface area contributed by atoms with Crippen molar-refractivity contribution in [2.75, 3.05) is 6.61 Å². The van der Waals surface area contributed by atoms with Crippen LogP contribution in [-0.4, -0.2) is 16.2 Å². The first-order valence-corrected chi connectivity index (χ1v) is 6.88. The SMILES string of the molecule is CCCOc1nc2ccc(Cl)cc2c(=O)n1CCC. The Morgan fingerprint density at radius 2 is 2.11 bits per heavy atom. The van der Waals surface area contributed by atoms with E-state index in [1.165, 1.54) is 0 Å². The fourth-order valence-electron chi connectivity index (χ4n) is 1.90. The van der Waals surface area contributed by atoms with Gasteiger partial charge in [0.2, 0.25) is 0 Å². The Hall–Kier alpha value is -1.55. The van der Waals surface area contributed by atoms with Crippen LogP contribution in [0.3, 0.4) is 0 Å². The molecule has 4 nitrogen and oxygen atoms in total. The predicted octanol–water partition coefficient (Wildman–Crippen LogP) is 3.25. The Bertz CT molecular complexity index is 637. The zero-order chi connectivity index (χ0) is 13.8. The summed E-state index contributed by atoms with van der Waals surface area (Å²) in [6, 6.07) is 5.52. The molecule has 0 aliphatic heterocycles. The number of nitrogens with zero attached hydrogens (tertiary/aromatic N) is 2. The van der Waals surface area contributed by atoms with Crippen LogP contribution in [0, 0.1) is 0 Å². The number of ether oxygens (including phenoxy) is 1. The number of aromatic nitrogens is 2. The largest absolute Gasteiger partial charge is 0.465 e. The Kier molecular flexibility index (Phi) is 4.43. The van der Waals surface area contributed by atoms with Crippen molar-refractivity contribution in [3.8, 4) is 6.01 Å². The van der Waals surface area contributed by atoms with Gasteiger partial charge in [0.15, 0.2) is 0 Å². The van der Waals surface area contributed by atoms with E-state index in [1.54, 1.807) is 22.8 Å². The van der Waals surface area contributed by atoms with E-state index in [9.17, 15) is 4.79 Å². The van der Waals surface area contributed by atoms with E-state index in [-0.39, 0.29) is 5.56 Å². The van der Waals surface area contributed by atoms with Crippen LogP contribution in [0.25, 0.3) is 10.9 Å². The van der Waals surface area contributed by atoms with Gasteiger partial charge >= 0.3 is 0 Å². The van der Waals surface area contributed by atoms with Crippen LogP contribution < -0.4 is 10.3 Å². The molecule has 1 aromatic heterocycles. The van der Waals surface area contributed by atoms with Gasteiger partial charge in [0, 0.05) is 11.6 Å². The predicted molar refractivity (Wildman–Crippen MR) is 77.1 cm³/mol. The second-order valence-corrected chi connectivity index (χ2v) is 4.80. The highest BCUT2D eigenvalue weighted by Gasteiger charge is 2.11. The molecule has 0 radical (unpaired) electrons. The van der Waals surface area contributed by atoms with E-state index in [0.29, 0.717) is 35.1 Å². The second kappa shape index (κ2) is 6.06. The van der Waals surface area contributed by atoms with Crippen LogP contribution in [0.5, 0.6) is 6.01 Å². The van der Waals surface area contributed by atoms with Gasteiger partial charge < -0.3 is 4.74 Å². The van der Waals surface area contributed by atoms with Gasteiger partial charge in [0.1, 0.15) is 0 Å². The van der Waals surface area contributed by atoms with Gasteiger partial charge in [0.05, 0.1) is 17.5 Å². The first-order chi connectivity index (χ1) is 9.17. The molecule has 0 unspecified atom stereocenters. The Balaban J connectivity index is 2.63. The molecule has 0 saturated carbocycles. The lowest BCUT2D eigenvalue weighted by Crippen LogP contribution is -2.23. The molecular weight excluding hydrogens is 264 g/mol. The fraction of sp³-hybridized carbons (Fsp3) is 0.429. The average molecular weight is 281 g/mol. The zero-order valence-electron chi connectivity index (χ0n) is 11.1. The van der Waals surface area contributed by atoms with Crippen molar-refractivity contribution >= 4 is 22.5 Å². The first-order valence-electron chi connectivity index (χ1n) is 6.50. The quantitative estimate of drug-likeness (QED) is 0.844. The van der Waals surface area contributed by atoms with Crippen LogP contribution in [0.2, 0.25) is 5.02 Å². The van der Waals surface area contributed by atoms with E-state index >= 15 is 0 Å². The molecular formula is C14H17ClN2O2. The number of hydrogen-bond acceptors (Lipinski definition) is 3. The van der Waals surface area contributed by atoms with E-state index in [0.717, 1.165) is 12.8 Å². The number of fused-ring (bicyclic) bond motifs is 1. The van der Waals surface area contributed by atoms with Crippen molar-refractivity contribution in [3.05, 3.63) is 33.6 Å². The van der Waals surface area contributed by atoms with Gasteiger partial charge in [-0.1, -0.05) is 25.4 Å². The standard InChI is InChI=1S/C14H17ClN2O2/c1-3-7-17-13(18)11-9-10(15)5-6-12(11)16-14(17)19-8-4-2/h5-6,9H,3-4,7-8H2,1-2H3. The monoisotopic (exact) mass is 280 g/mol. The molecule has 2 aromatic rings. The molecule has 0 saturated heterocycles. The van der Waals surface area contributed by atoms with Gasteiger partial charge in [0.25, 0.3) is 11.6 Å². The highest BCUT2D eigenvalue weighted by molar-refractivity contribution is 6.31. The maximum atomic E-state index is 12.4. The van der Waals surface area contributed by atoms with Crippen LogP contribution in [-0.2, 0) is 6.54 Å². The molecule has 1 aromatic carbocycles. The maximum absolute atomic E-state index is 12.4. The van der Waals surface area contributed by atoms with Gasteiger partial charge in [-0.05, 0) is 31.0 Å². The molecule has 0 N–H and O–H groups in total. The van der Waals surface area contributed by atoms with Crippen molar-refractivity contribution in [2.45, 2.75) is 33.2 Å². The molecule has 0 aliphatic rings. The molecule has 102 valence electrons. The van der Waals surface area contributed by atoms with Crippen molar-refractivity contribution in [3.63, 3.8) is 0 Å². The molecule has 2 rings (SSSR count). The number of hydrogen-bond donors (Lipinski definition) is 0. The molecule has 1 heterocycles. The van der Waals surface area contributed by atoms with Crippen LogP contribution >= 0.6 is 11.6 Å². The summed E-state index contributed by atoms with van der Waals surface area (Å²) in [4.78, 5) is 16.9. The summed E-state index contributed by atoms with van der Waals surface area (Å²) in [6.45, 7) is 5.17. The lowest BCUT2D eigenvalue weighted by molar-refractivity contribution is 0.272. The highest BCUT2D eigenvalue weighted by Crippen LogP contribution is 2.18. The van der Waals surface area contributed by atoms with E-state index in [1.807, 2.05) is 13.8 Å². The lowest BCUT2D eigenvalue weighted by atomic mass is 10.2. The lowest BCUT2D eigenvalue weighted by Gasteiger charge is -2.12.